The Bertz CT molecular complexity index is 1530. The van der Waals surface area contributed by atoms with Gasteiger partial charge in [-0.1, -0.05) is 42.5 Å². The Hall–Kier alpha value is -3.88. The molecule has 38 heavy (non-hydrogen) atoms. The second kappa shape index (κ2) is 10.5. The Morgan fingerprint density at radius 2 is 1.79 bits per heavy atom. The lowest BCUT2D eigenvalue weighted by Crippen LogP contribution is -2.37. The van der Waals surface area contributed by atoms with Crippen LogP contribution in [0.4, 0.5) is 0 Å². The molecule has 0 bridgehead atoms. The standard InChI is InChI=1S/C30H32N4O4/c1-35-24-11-9-21(18-25(24)36-2)26-23-10-8-20-6-3-4-7-22(20)28(23)38-30-27(26)29(31)34(19-32-30)13-5-12-33-14-16-37-17-15-33/h3-4,6-11,18-19,26,31H,5,12-17H2,1-2H3. The summed E-state index contributed by atoms with van der Waals surface area (Å²) in [6.45, 7) is 5.17. The van der Waals surface area contributed by atoms with Crippen LogP contribution in [0.5, 0.6) is 23.1 Å². The molecule has 0 aliphatic carbocycles. The van der Waals surface area contributed by atoms with E-state index in [1.54, 1.807) is 20.5 Å². The molecule has 4 aromatic rings. The maximum atomic E-state index is 9.26. The zero-order chi connectivity index (χ0) is 26.1. The summed E-state index contributed by atoms with van der Waals surface area (Å²) < 4.78 is 25.0. The number of aryl methyl sites for hydroxylation is 1. The smallest absolute Gasteiger partial charge is 0.228 e. The highest BCUT2D eigenvalue weighted by atomic mass is 16.5. The number of morpholine rings is 1. The highest BCUT2D eigenvalue weighted by molar-refractivity contribution is 5.91. The van der Waals surface area contributed by atoms with Crippen LogP contribution in [-0.2, 0) is 11.3 Å². The van der Waals surface area contributed by atoms with Gasteiger partial charge in [-0.05, 0) is 29.5 Å². The monoisotopic (exact) mass is 512 g/mol. The maximum absolute atomic E-state index is 9.26. The van der Waals surface area contributed by atoms with Crippen LogP contribution in [0.25, 0.3) is 10.8 Å². The molecule has 2 aliphatic heterocycles. The van der Waals surface area contributed by atoms with E-state index in [4.69, 9.17) is 23.9 Å². The van der Waals surface area contributed by atoms with E-state index in [0.29, 0.717) is 29.4 Å². The van der Waals surface area contributed by atoms with Crippen molar-refractivity contribution in [1.82, 2.24) is 14.5 Å². The number of nitrogens with zero attached hydrogens (tertiary/aromatic N) is 3. The number of hydrogen-bond donors (Lipinski definition) is 1. The highest BCUT2D eigenvalue weighted by Crippen LogP contribution is 2.48. The van der Waals surface area contributed by atoms with E-state index >= 15 is 0 Å². The lowest BCUT2D eigenvalue weighted by atomic mass is 9.82. The van der Waals surface area contributed by atoms with Crippen molar-refractivity contribution in [3.63, 3.8) is 0 Å². The number of benzene rings is 3. The van der Waals surface area contributed by atoms with Crippen LogP contribution in [0.2, 0.25) is 0 Å². The molecule has 6 rings (SSSR count). The van der Waals surface area contributed by atoms with Crippen molar-refractivity contribution in [2.45, 2.75) is 18.9 Å². The summed E-state index contributed by atoms with van der Waals surface area (Å²) in [4.78, 5) is 7.15. The van der Waals surface area contributed by atoms with Gasteiger partial charge in [0.25, 0.3) is 0 Å². The minimum Gasteiger partial charge on any atom is -0.493 e. The molecule has 0 spiro atoms. The van der Waals surface area contributed by atoms with E-state index in [2.05, 4.69) is 29.2 Å². The van der Waals surface area contributed by atoms with Crippen LogP contribution in [0, 0.1) is 5.41 Å². The fourth-order valence-corrected chi connectivity index (χ4v) is 5.54. The predicted octanol–water partition coefficient (Wildman–Crippen LogP) is 4.54. The zero-order valence-corrected chi connectivity index (χ0v) is 21.8. The topological polar surface area (TPSA) is 81.8 Å². The molecule has 0 amide bonds. The summed E-state index contributed by atoms with van der Waals surface area (Å²) in [5.41, 5.74) is 3.17. The molecule has 3 heterocycles. The molecule has 1 atom stereocenters. The molecule has 0 radical (unpaired) electrons. The zero-order valence-electron chi connectivity index (χ0n) is 21.8. The van der Waals surface area contributed by atoms with Gasteiger partial charge >= 0.3 is 0 Å². The van der Waals surface area contributed by atoms with Gasteiger partial charge in [0.15, 0.2) is 11.5 Å². The molecular formula is C30H32N4O4. The average molecular weight is 513 g/mol. The molecule has 2 aliphatic rings. The summed E-state index contributed by atoms with van der Waals surface area (Å²) in [6, 6.07) is 18.4. The van der Waals surface area contributed by atoms with Gasteiger partial charge < -0.3 is 23.5 Å². The number of rotatable bonds is 7. The summed E-state index contributed by atoms with van der Waals surface area (Å²) in [6.07, 6.45) is 2.67. The van der Waals surface area contributed by atoms with Crippen molar-refractivity contribution in [3.05, 3.63) is 83.1 Å². The fourth-order valence-electron chi connectivity index (χ4n) is 5.54. The van der Waals surface area contributed by atoms with Crippen molar-refractivity contribution < 1.29 is 18.9 Å². The largest absolute Gasteiger partial charge is 0.493 e. The Morgan fingerprint density at radius 1 is 0.974 bits per heavy atom. The SMILES string of the molecule is COc1ccc(C2c3ccc4ccccc4c3Oc3ncn(CCCN4CCOCC4)c(=N)c32)cc1OC. The van der Waals surface area contributed by atoms with Crippen LogP contribution < -0.4 is 19.7 Å². The first-order chi connectivity index (χ1) is 18.7. The number of hydrogen-bond acceptors (Lipinski definition) is 7. The Morgan fingerprint density at radius 3 is 2.61 bits per heavy atom. The van der Waals surface area contributed by atoms with Crippen molar-refractivity contribution in [2.24, 2.45) is 0 Å². The summed E-state index contributed by atoms with van der Waals surface area (Å²) in [7, 11) is 3.27. The Labute approximate surface area is 221 Å². The molecule has 196 valence electrons. The van der Waals surface area contributed by atoms with Crippen LogP contribution >= 0.6 is 0 Å². The molecular weight excluding hydrogens is 480 g/mol. The summed E-state index contributed by atoms with van der Waals surface area (Å²) in [5.74, 6) is 2.33. The van der Waals surface area contributed by atoms with E-state index in [9.17, 15) is 5.41 Å². The van der Waals surface area contributed by atoms with Gasteiger partial charge in [0.05, 0.1) is 33.0 Å². The Kier molecular flexibility index (Phi) is 6.74. The normalized spacial score (nSPS) is 16.9. The van der Waals surface area contributed by atoms with E-state index < -0.39 is 0 Å². The second-order valence-electron chi connectivity index (χ2n) is 9.67. The third-order valence-electron chi connectivity index (χ3n) is 7.51. The van der Waals surface area contributed by atoms with Crippen molar-refractivity contribution in [2.75, 3.05) is 47.1 Å². The highest BCUT2D eigenvalue weighted by Gasteiger charge is 2.33. The van der Waals surface area contributed by atoms with Gasteiger partial charge in [0.2, 0.25) is 5.88 Å². The molecule has 1 unspecified atom stereocenters. The van der Waals surface area contributed by atoms with Gasteiger partial charge in [0, 0.05) is 43.0 Å². The van der Waals surface area contributed by atoms with E-state index in [0.717, 1.165) is 72.5 Å². The van der Waals surface area contributed by atoms with E-state index in [-0.39, 0.29) is 5.92 Å². The maximum Gasteiger partial charge on any atom is 0.228 e. The predicted molar refractivity (Wildman–Crippen MR) is 144 cm³/mol. The molecule has 1 fully saturated rings. The average Bonchev–Trinajstić information content (AvgIpc) is 2.97. The minimum absolute atomic E-state index is 0.246. The van der Waals surface area contributed by atoms with Gasteiger partial charge in [-0.25, -0.2) is 4.98 Å². The number of methoxy groups -OCH3 is 2. The molecule has 1 aromatic heterocycles. The number of fused-ring (bicyclic) bond motifs is 4. The van der Waals surface area contributed by atoms with E-state index in [1.165, 1.54) is 0 Å². The molecule has 8 heteroatoms. The first-order valence-corrected chi connectivity index (χ1v) is 13.0. The molecule has 8 nitrogen and oxygen atoms in total. The van der Waals surface area contributed by atoms with Gasteiger partial charge in [-0.2, -0.15) is 0 Å². The van der Waals surface area contributed by atoms with Crippen molar-refractivity contribution >= 4 is 10.8 Å². The van der Waals surface area contributed by atoms with Crippen LogP contribution in [0.3, 0.4) is 0 Å². The Balaban J connectivity index is 1.44. The first-order valence-electron chi connectivity index (χ1n) is 13.0. The minimum atomic E-state index is -0.246. The van der Waals surface area contributed by atoms with Crippen LogP contribution in [0.15, 0.2) is 60.9 Å². The van der Waals surface area contributed by atoms with Crippen molar-refractivity contribution in [1.29, 1.82) is 5.41 Å². The molecule has 1 N–H and O–H groups in total. The summed E-state index contributed by atoms with van der Waals surface area (Å²) >= 11 is 0. The molecule has 3 aromatic carbocycles. The van der Waals surface area contributed by atoms with Gasteiger partial charge in [0.1, 0.15) is 17.6 Å². The fraction of sp³-hybridized carbons (Fsp3) is 0.333. The number of ether oxygens (including phenoxy) is 4. The van der Waals surface area contributed by atoms with Crippen LogP contribution in [0.1, 0.15) is 29.0 Å². The lowest BCUT2D eigenvalue weighted by molar-refractivity contribution is 0.0369. The van der Waals surface area contributed by atoms with Gasteiger partial charge in [-0.15, -0.1) is 0 Å². The second-order valence-corrected chi connectivity index (χ2v) is 9.67. The van der Waals surface area contributed by atoms with E-state index in [1.807, 2.05) is 34.9 Å². The van der Waals surface area contributed by atoms with Gasteiger partial charge in [-0.3, -0.25) is 10.3 Å². The quantitative estimate of drug-likeness (QED) is 0.345. The molecule has 1 saturated heterocycles. The van der Waals surface area contributed by atoms with Crippen LogP contribution in [-0.4, -0.2) is 61.5 Å². The summed E-state index contributed by atoms with van der Waals surface area (Å²) in [5, 5.41) is 11.4. The van der Waals surface area contributed by atoms with Crippen molar-refractivity contribution in [3.8, 4) is 23.1 Å². The number of aromatic nitrogens is 2. The number of nitrogens with one attached hydrogen (secondary N) is 1. The first kappa shape index (κ1) is 24.5. The molecule has 0 saturated carbocycles. The lowest BCUT2D eigenvalue weighted by Gasteiger charge is -2.30. The third kappa shape index (κ3) is 4.40. The third-order valence-corrected chi connectivity index (χ3v) is 7.51.